The van der Waals surface area contributed by atoms with Crippen LogP contribution in [0.15, 0.2) is 28.9 Å². The van der Waals surface area contributed by atoms with Gasteiger partial charge in [0.2, 0.25) is 0 Å². The van der Waals surface area contributed by atoms with Crippen LogP contribution in [0.3, 0.4) is 0 Å². The molecule has 62 valence electrons. The maximum Gasteiger partial charge on any atom is 0.0295 e. The number of nitrogens with zero attached hydrogens (tertiary/aromatic N) is 1. The molecule has 0 unspecified atom stereocenters. The molecular formula is C10H17N. The number of allylic oxidation sites excluding steroid dienone is 3. The van der Waals surface area contributed by atoms with Gasteiger partial charge in [-0.2, -0.15) is 0 Å². The van der Waals surface area contributed by atoms with Crippen molar-refractivity contribution in [3.8, 4) is 0 Å². The van der Waals surface area contributed by atoms with Crippen molar-refractivity contribution in [3.05, 3.63) is 23.9 Å². The van der Waals surface area contributed by atoms with E-state index in [0.29, 0.717) is 5.92 Å². The van der Waals surface area contributed by atoms with Gasteiger partial charge in [-0.25, -0.2) is 0 Å². The average Bonchev–Trinajstić information content (AvgIpc) is 1.97. The summed E-state index contributed by atoms with van der Waals surface area (Å²) in [6.45, 7) is 9.85. The van der Waals surface area contributed by atoms with Gasteiger partial charge in [-0.15, -0.1) is 0 Å². The maximum absolute atomic E-state index is 3.75. The molecule has 0 heterocycles. The zero-order valence-electron chi connectivity index (χ0n) is 7.67. The summed E-state index contributed by atoms with van der Waals surface area (Å²) in [5.74, 6) is 0.531. The van der Waals surface area contributed by atoms with Crippen LogP contribution in [0, 0.1) is 5.92 Å². The van der Waals surface area contributed by atoms with Crippen molar-refractivity contribution in [1.29, 1.82) is 0 Å². The molecular weight excluding hydrogens is 134 g/mol. The highest BCUT2D eigenvalue weighted by atomic mass is 14.6. The van der Waals surface area contributed by atoms with Gasteiger partial charge in [-0.3, -0.25) is 4.99 Å². The van der Waals surface area contributed by atoms with Crippen molar-refractivity contribution in [3.63, 3.8) is 0 Å². The van der Waals surface area contributed by atoms with E-state index in [0.717, 1.165) is 6.42 Å². The van der Waals surface area contributed by atoms with Gasteiger partial charge in [0.25, 0.3) is 0 Å². The fraction of sp³-hybridized carbons (Fsp3) is 0.500. The summed E-state index contributed by atoms with van der Waals surface area (Å²) in [6.07, 6.45) is 7.13. The molecule has 0 spiro atoms. The lowest BCUT2D eigenvalue weighted by Crippen LogP contribution is -1.89. The molecule has 0 saturated heterocycles. The van der Waals surface area contributed by atoms with E-state index in [-0.39, 0.29) is 0 Å². The SMILES string of the molecule is C=N/C=C(\C=C/CC)C(C)C. The van der Waals surface area contributed by atoms with E-state index in [1.54, 1.807) is 0 Å². The van der Waals surface area contributed by atoms with Gasteiger partial charge in [-0.1, -0.05) is 32.9 Å². The minimum atomic E-state index is 0.531. The normalized spacial score (nSPS) is 12.9. The summed E-state index contributed by atoms with van der Waals surface area (Å²) in [6, 6.07) is 0. The highest BCUT2D eigenvalue weighted by Crippen LogP contribution is 2.10. The molecule has 0 bridgehead atoms. The van der Waals surface area contributed by atoms with Crippen molar-refractivity contribution >= 4 is 6.72 Å². The minimum absolute atomic E-state index is 0.531. The Bertz CT molecular complexity index is 164. The van der Waals surface area contributed by atoms with Crippen LogP contribution in [0.1, 0.15) is 27.2 Å². The topological polar surface area (TPSA) is 12.4 Å². The Hall–Kier alpha value is -0.850. The van der Waals surface area contributed by atoms with E-state index in [1.807, 2.05) is 6.20 Å². The van der Waals surface area contributed by atoms with Crippen molar-refractivity contribution < 1.29 is 0 Å². The Morgan fingerprint density at radius 2 is 2.18 bits per heavy atom. The molecule has 0 saturated carbocycles. The Morgan fingerprint density at radius 3 is 2.55 bits per heavy atom. The van der Waals surface area contributed by atoms with Crippen molar-refractivity contribution in [2.75, 3.05) is 0 Å². The van der Waals surface area contributed by atoms with E-state index in [4.69, 9.17) is 0 Å². The molecule has 0 fully saturated rings. The van der Waals surface area contributed by atoms with Gasteiger partial charge in [0.15, 0.2) is 0 Å². The van der Waals surface area contributed by atoms with Gasteiger partial charge < -0.3 is 0 Å². The van der Waals surface area contributed by atoms with Gasteiger partial charge in [0.1, 0.15) is 0 Å². The molecule has 0 aromatic rings. The van der Waals surface area contributed by atoms with Crippen LogP contribution in [0.4, 0.5) is 0 Å². The first-order chi connectivity index (χ1) is 5.22. The summed E-state index contributed by atoms with van der Waals surface area (Å²) >= 11 is 0. The van der Waals surface area contributed by atoms with Crippen LogP contribution in [0.5, 0.6) is 0 Å². The van der Waals surface area contributed by atoms with Crippen molar-refractivity contribution in [1.82, 2.24) is 0 Å². The molecule has 0 aliphatic heterocycles. The van der Waals surface area contributed by atoms with E-state index in [2.05, 4.69) is 44.6 Å². The summed E-state index contributed by atoms with van der Waals surface area (Å²) in [5.41, 5.74) is 1.24. The molecule has 0 aromatic carbocycles. The summed E-state index contributed by atoms with van der Waals surface area (Å²) in [4.78, 5) is 3.75. The molecule has 0 aliphatic rings. The van der Waals surface area contributed by atoms with Gasteiger partial charge >= 0.3 is 0 Å². The summed E-state index contributed by atoms with van der Waals surface area (Å²) < 4.78 is 0. The zero-order chi connectivity index (χ0) is 8.69. The lowest BCUT2D eigenvalue weighted by Gasteiger charge is -2.03. The van der Waals surface area contributed by atoms with E-state index in [9.17, 15) is 0 Å². The molecule has 1 nitrogen and oxygen atoms in total. The molecule has 0 radical (unpaired) electrons. The standard InChI is InChI=1S/C10H17N/c1-5-6-7-10(8-11-4)9(2)3/h6-9H,4-5H2,1-3H3/b7-6-,10-8+. The highest BCUT2D eigenvalue weighted by Gasteiger charge is 1.96. The zero-order valence-corrected chi connectivity index (χ0v) is 7.67. The third-order valence-electron chi connectivity index (χ3n) is 1.45. The highest BCUT2D eigenvalue weighted by molar-refractivity contribution is 5.29. The smallest absolute Gasteiger partial charge is 0.0295 e. The number of rotatable bonds is 4. The Labute approximate surface area is 69.5 Å². The monoisotopic (exact) mass is 151 g/mol. The fourth-order valence-electron chi connectivity index (χ4n) is 0.744. The minimum Gasteiger partial charge on any atom is -0.272 e. The fourth-order valence-corrected chi connectivity index (χ4v) is 0.744. The Morgan fingerprint density at radius 1 is 1.55 bits per heavy atom. The lowest BCUT2D eigenvalue weighted by molar-refractivity contribution is 0.787. The predicted octanol–water partition coefficient (Wildman–Crippen LogP) is 3.19. The average molecular weight is 151 g/mol. The lowest BCUT2D eigenvalue weighted by atomic mass is 10.0. The molecule has 1 heteroatoms. The predicted molar refractivity (Wildman–Crippen MR) is 51.9 cm³/mol. The third-order valence-corrected chi connectivity index (χ3v) is 1.45. The molecule has 0 amide bonds. The summed E-state index contributed by atoms with van der Waals surface area (Å²) in [7, 11) is 0. The number of aliphatic imine (C=N–C) groups is 1. The molecule has 11 heavy (non-hydrogen) atoms. The Balaban J connectivity index is 4.22. The van der Waals surface area contributed by atoms with Crippen LogP contribution in [-0.4, -0.2) is 6.72 Å². The first-order valence-electron chi connectivity index (χ1n) is 4.04. The molecule has 0 atom stereocenters. The second kappa shape index (κ2) is 5.90. The second-order valence-electron chi connectivity index (χ2n) is 2.78. The van der Waals surface area contributed by atoms with Crippen LogP contribution < -0.4 is 0 Å². The molecule has 0 aliphatic carbocycles. The van der Waals surface area contributed by atoms with Crippen LogP contribution in [0.25, 0.3) is 0 Å². The molecule has 0 aromatic heterocycles. The van der Waals surface area contributed by atoms with E-state index >= 15 is 0 Å². The summed E-state index contributed by atoms with van der Waals surface area (Å²) in [5, 5.41) is 0. The van der Waals surface area contributed by atoms with Gasteiger partial charge in [-0.05, 0) is 24.6 Å². The molecule has 0 rings (SSSR count). The van der Waals surface area contributed by atoms with Crippen LogP contribution in [-0.2, 0) is 0 Å². The first-order valence-corrected chi connectivity index (χ1v) is 4.04. The third kappa shape index (κ3) is 4.54. The largest absolute Gasteiger partial charge is 0.272 e. The maximum atomic E-state index is 3.75. The number of hydrogen-bond donors (Lipinski definition) is 0. The van der Waals surface area contributed by atoms with E-state index < -0.39 is 0 Å². The first kappa shape index (κ1) is 10.2. The van der Waals surface area contributed by atoms with Crippen LogP contribution in [0.2, 0.25) is 0 Å². The van der Waals surface area contributed by atoms with Gasteiger partial charge in [0.05, 0.1) is 0 Å². The quantitative estimate of drug-likeness (QED) is 0.432. The van der Waals surface area contributed by atoms with Gasteiger partial charge in [0, 0.05) is 6.20 Å². The van der Waals surface area contributed by atoms with E-state index in [1.165, 1.54) is 5.57 Å². The van der Waals surface area contributed by atoms with Crippen molar-refractivity contribution in [2.24, 2.45) is 10.9 Å². The van der Waals surface area contributed by atoms with Crippen LogP contribution >= 0.6 is 0 Å². The number of hydrogen-bond acceptors (Lipinski definition) is 1. The van der Waals surface area contributed by atoms with Crippen molar-refractivity contribution in [2.45, 2.75) is 27.2 Å². The second-order valence-corrected chi connectivity index (χ2v) is 2.78. The molecule has 0 N–H and O–H groups in total. The Kier molecular flexibility index (Phi) is 5.44.